The van der Waals surface area contributed by atoms with Crippen molar-refractivity contribution in [3.8, 4) is 0 Å². The number of likely N-dealkylation sites (N-methyl/N-ethyl adjacent to an activating group) is 2. The minimum atomic E-state index is -0.814. The molecule has 0 aliphatic rings. The number of hydrogen-bond donors (Lipinski definition) is 0. The van der Waals surface area contributed by atoms with Gasteiger partial charge in [-0.25, -0.2) is 0 Å². The molecular formula is C10H19N2O2. The lowest BCUT2D eigenvalue weighted by Crippen LogP contribution is -2.53. The molecule has 0 aromatic carbocycles. The van der Waals surface area contributed by atoms with Gasteiger partial charge >= 0.3 is 6.41 Å². The van der Waals surface area contributed by atoms with Crippen molar-refractivity contribution >= 4 is 12.3 Å². The van der Waals surface area contributed by atoms with Crippen molar-refractivity contribution in [3.05, 3.63) is 0 Å². The van der Waals surface area contributed by atoms with Gasteiger partial charge in [0.15, 0.2) is 0 Å². The zero-order chi connectivity index (χ0) is 11.4. The Kier molecular flexibility index (Phi) is 4.60. The summed E-state index contributed by atoms with van der Waals surface area (Å²) in [5.74, 6) is -0.0646. The van der Waals surface area contributed by atoms with Gasteiger partial charge in [-0.05, 0) is 20.3 Å². The van der Waals surface area contributed by atoms with Crippen molar-refractivity contribution in [2.45, 2.75) is 32.7 Å². The van der Waals surface area contributed by atoms with Crippen molar-refractivity contribution in [2.75, 3.05) is 20.6 Å². The van der Waals surface area contributed by atoms with Gasteiger partial charge in [-0.15, -0.1) is 0 Å². The number of carbonyl (C=O) groups is 1. The molecule has 0 N–H and O–H groups in total. The van der Waals surface area contributed by atoms with Gasteiger partial charge in [-0.2, -0.15) is 0 Å². The Balaban J connectivity index is 4.56. The van der Waals surface area contributed by atoms with Crippen LogP contribution in [-0.2, 0) is 9.59 Å². The summed E-state index contributed by atoms with van der Waals surface area (Å²) < 4.78 is 0. The quantitative estimate of drug-likeness (QED) is 0.609. The summed E-state index contributed by atoms with van der Waals surface area (Å²) >= 11 is 0. The molecule has 0 saturated carbocycles. The van der Waals surface area contributed by atoms with E-state index < -0.39 is 5.54 Å². The highest BCUT2D eigenvalue weighted by Gasteiger charge is 2.34. The minimum Gasteiger partial charge on any atom is -0.344 e. The molecule has 0 aliphatic heterocycles. The van der Waals surface area contributed by atoms with E-state index in [1.807, 2.05) is 6.92 Å². The van der Waals surface area contributed by atoms with E-state index in [4.69, 9.17) is 0 Å². The summed E-state index contributed by atoms with van der Waals surface area (Å²) in [6.07, 6.45) is 2.63. The van der Waals surface area contributed by atoms with Crippen LogP contribution >= 0.6 is 0 Å². The lowest BCUT2D eigenvalue weighted by molar-refractivity contribution is -0.138. The predicted octanol–water partition coefficient (Wildman–Crippen LogP) is 0.632. The maximum absolute atomic E-state index is 11.9. The maximum atomic E-state index is 11.9. The monoisotopic (exact) mass is 199 g/mol. The molecule has 0 rings (SSSR count). The van der Waals surface area contributed by atoms with Crippen LogP contribution < -0.4 is 0 Å². The second-order valence-electron chi connectivity index (χ2n) is 3.94. The summed E-state index contributed by atoms with van der Waals surface area (Å²) in [7, 11) is 3.30. The van der Waals surface area contributed by atoms with Crippen LogP contribution in [0.15, 0.2) is 0 Å². The third-order valence-corrected chi connectivity index (χ3v) is 2.40. The van der Waals surface area contributed by atoms with E-state index in [1.54, 1.807) is 39.3 Å². The molecular weight excluding hydrogens is 180 g/mol. The maximum Gasteiger partial charge on any atom is 0.312 e. The van der Waals surface area contributed by atoms with E-state index >= 15 is 0 Å². The van der Waals surface area contributed by atoms with Crippen LogP contribution in [0.3, 0.4) is 0 Å². The zero-order valence-electron chi connectivity index (χ0n) is 9.63. The van der Waals surface area contributed by atoms with Crippen LogP contribution in [-0.4, -0.2) is 48.3 Å². The molecule has 81 valence electrons. The lowest BCUT2D eigenvalue weighted by atomic mass is 10.0. The smallest absolute Gasteiger partial charge is 0.312 e. The molecule has 4 nitrogen and oxygen atoms in total. The standard InChI is InChI=1S/C10H19N2O2/c1-6-7-11(4)9(14)10(2,3)12(5)8-13/h6-7H2,1-5H3. The van der Waals surface area contributed by atoms with E-state index in [1.165, 1.54) is 4.90 Å². The van der Waals surface area contributed by atoms with Crippen molar-refractivity contribution in [2.24, 2.45) is 0 Å². The predicted molar refractivity (Wildman–Crippen MR) is 55.5 cm³/mol. The second kappa shape index (κ2) is 4.98. The van der Waals surface area contributed by atoms with Gasteiger partial charge in [0.2, 0.25) is 5.91 Å². The summed E-state index contributed by atoms with van der Waals surface area (Å²) in [5.41, 5.74) is -0.814. The second-order valence-corrected chi connectivity index (χ2v) is 3.94. The SMILES string of the molecule is CCCN(C)C(=O)C(C)(C)N(C)[C]=O. The number of nitrogens with zero attached hydrogens (tertiary/aromatic N) is 2. The molecule has 14 heavy (non-hydrogen) atoms. The molecule has 0 saturated heterocycles. The van der Waals surface area contributed by atoms with Gasteiger partial charge in [-0.1, -0.05) is 6.92 Å². The van der Waals surface area contributed by atoms with Crippen molar-refractivity contribution < 1.29 is 9.59 Å². The molecule has 0 spiro atoms. The highest BCUT2D eigenvalue weighted by Crippen LogP contribution is 2.13. The molecule has 0 aliphatic carbocycles. The Bertz CT molecular complexity index is 214. The number of hydrogen-bond acceptors (Lipinski definition) is 2. The molecule has 0 heterocycles. The Hall–Kier alpha value is -1.06. The van der Waals surface area contributed by atoms with Crippen LogP contribution in [0.1, 0.15) is 27.2 Å². The number of rotatable bonds is 5. The molecule has 0 unspecified atom stereocenters. The average Bonchev–Trinajstić information content (AvgIpc) is 2.15. The fourth-order valence-corrected chi connectivity index (χ4v) is 1.16. The first kappa shape index (κ1) is 12.9. The third-order valence-electron chi connectivity index (χ3n) is 2.40. The van der Waals surface area contributed by atoms with Crippen molar-refractivity contribution in [1.29, 1.82) is 0 Å². The summed E-state index contributed by atoms with van der Waals surface area (Å²) in [5, 5.41) is 0. The van der Waals surface area contributed by atoms with E-state index in [-0.39, 0.29) is 5.91 Å². The Morgan fingerprint density at radius 3 is 2.21 bits per heavy atom. The Morgan fingerprint density at radius 2 is 1.86 bits per heavy atom. The van der Waals surface area contributed by atoms with Crippen LogP contribution in [0.2, 0.25) is 0 Å². The van der Waals surface area contributed by atoms with E-state index in [0.717, 1.165) is 6.42 Å². The summed E-state index contributed by atoms with van der Waals surface area (Å²) in [6, 6.07) is 0. The largest absolute Gasteiger partial charge is 0.344 e. The van der Waals surface area contributed by atoms with Gasteiger partial charge in [0.25, 0.3) is 0 Å². The molecule has 0 fully saturated rings. The van der Waals surface area contributed by atoms with Gasteiger partial charge in [0.05, 0.1) is 0 Å². The topological polar surface area (TPSA) is 40.6 Å². The van der Waals surface area contributed by atoms with Gasteiger partial charge in [0, 0.05) is 20.6 Å². The molecule has 0 aromatic heterocycles. The first-order valence-corrected chi connectivity index (χ1v) is 4.75. The van der Waals surface area contributed by atoms with E-state index in [0.29, 0.717) is 6.54 Å². The normalized spacial score (nSPS) is 10.9. The molecule has 4 heteroatoms. The molecule has 0 atom stereocenters. The first-order valence-electron chi connectivity index (χ1n) is 4.75. The number of amides is 2. The third kappa shape index (κ3) is 2.72. The Labute approximate surface area is 85.9 Å². The lowest BCUT2D eigenvalue weighted by Gasteiger charge is -2.34. The molecule has 1 radical (unpaired) electrons. The highest BCUT2D eigenvalue weighted by atomic mass is 16.2. The fourth-order valence-electron chi connectivity index (χ4n) is 1.16. The van der Waals surface area contributed by atoms with Crippen LogP contribution in [0.25, 0.3) is 0 Å². The molecule has 2 amide bonds. The van der Waals surface area contributed by atoms with Gasteiger partial charge < -0.3 is 9.80 Å². The Morgan fingerprint density at radius 1 is 1.36 bits per heavy atom. The zero-order valence-corrected chi connectivity index (χ0v) is 9.63. The molecule has 0 aromatic rings. The summed E-state index contributed by atoms with van der Waals surface area (Å²) in [4.78, 5) is 25.2. The van der Waals surface area contributed by atoms with Gasteiger partial charge in [0.1, 0.15) is 5.54 Å². The first-order chi connectivity index (χ1) is 6.37. The van der Waals surface area contributed by atoms with Crippen LogP contribution in [0.5, 0.6) is 0 Å². The summed E-state index contributed by atoms with van der Waals surface area (Å²) in [6.45, 7) is 6.14. The van der Waals surface area contributed by atoms with Crippen molar-refractivity contribution in [3.63, 3.8) is 0 Å². The minimum absolute atomic E-state index is 0.0646. The highest BCUT2D eigenvalue weighted by molar-refractivity contribution is 5.87. The van der Waals surface area contributed by atoms with Crippen molar-refractivity contribution in [1.82, 2.24) is 9.80 Å². The van der Waals surface area contributed by atoms with Crippen LogP contribution in [0.4, 0.5) is 0 Å². The molecule has 0 bridgehead atoms. The van der Waals surface area contributed by atoms with Gasteiger partial charge in [-0.3, -0.25) is 9.59 Å². The van der Waals surface area contributed by atoms with E-state index in [2.05, 4.69) is 0 Å². The average molecular weight is 199 g/mol. The number of carbonyl (C=O) groups excluding carboxylic acids is 2. The van der Waals surface area contributed by atoms with E-state index in [9.17, 15) is 9.59 Å². The van der Waals surface area contributed by atoms with Crippen LogP contribution in [0, 0.1) is 0 Å². The fraction of sp³-hybridized carbons (Fsp3) is 0.800.